The van der Waals surface area contributed by atoms with Crippen LogP contribution in [0, 0.1) is 0 Å². The third kappa shape index (κ3) is 3.92. The molecule has 1 N–H and O–H groups in total. The van der Waals surface area contributed by atoms with Crippen molar-refractivity contribution in [1.82, 2.24) is 0 Å². The van der Waals surface area contributed by atoms with Crippen molar-refractivity contribution < 1.29 is 4.79 Å². The van der Waals surface area contributed by atoms with Crippen LogP contribution in [0.5, 0.6) is 0 Å². The van der Waals surface area contributed by atoms with Crippen LogP contribution in [0.25, 0.3) is 0 Å². The van der Waals surface area contributed by atoms with Gasteiger partial charge in [0.05, 0.1) is 20.0 Å². The molecule has 0 aliphatic rings. The lowest BCUT2D eigenvalue weighted by Crippen LogP contribution is -2.13. The van der Waals surface area contributed by atoms with Gasteiger partial charge in [-0.05, 0) is 29.6 Å². The molecule has 1 aromatic carbocycles. The standard InChI is InChI=1S/C12H9Cl2NOS2/c13-9-4-3-8(6-10(9)14)15-11(16)7-18-12-2-1-5-17-12/h1-6H,7H2,(H,15,16). The van der Waals surface area contributed by atoms with E-state index in [-0.39, 0.29) is 5.91 Å². The maximum Gasteiger partial charge on any atom is 0.234 e. The van der Waals surface area contributed by atoms with Gasteiger partial charge in [-0.25, -0.2) is 0 Å². The lowest BCUT2D eigenvalue weighted by Gasteiger charge is -2.05. The second-order valence-electron chi connectivity index (χ2n) is 3.40. The summed E-state index contributed by atoms with van der Waals surface area (Å²) in [4.78, 5) is 11.7. The minimum Gasteiger partial charge on any atom is -0.325 e. The van der Waals surface area contributed by atoms with Crippen molar-refractivity contribution in [3.8, 4) is 0 Å². The van der Waals surface area contributed by atoms with E-state index in [0.717, 1.165) is 4.21 Å². The van der Waals surface area contributed by atoms with E-state index in [4.69, 9.17) is 23.2 Å². The number of hydrogen-bond acceptors (Lipinski definition) is 3. The fraction of sp³-hybridized carbons (Fsp3) is 0.0833. The fourth-order valence-corrected chi connectivity index (χ4v) is 3.14. The average molecular weight is 318 g/mol. The van der Waals surface area contributed by atoms with Crippen molar-refractivity contribution >= 4 is 57.9 Å². The molecule has 0 radical (unpaired) electrons. The third-order valence-electron chi connectivity index (χ3n) is 2.04. The average Bonchev–Trinajstić information content (AvgIpc) is 2.84. The Labute approximate surface area is 123 Å². The molecular formula is C12H9Cl2NOS2. The predicted octanol–water partition coefficient (Wildman–Crippen LogP) is 4.79. The number of halogens is 2. The van der Waals surface area contributed by atoms with Gasteiger partial charge in [0, 0.05) is 5.69 Å². The Morgan fingerprint density at radius 3 is 2.78 bits per heavy atom. The highest BCUT2D eigenvalue weighted by molar-refractivity contribution is 8.01. The summed E-state index contributed by atoms with van der Waals surface area (Å²) in [6, 6.07) is 8.97. The Morgan fingerprint density at radius 1 is 1.28 bits per heavy atom. The lowest BCUT2D eigenvalue weighted by molar-refractivity contribution is -0.113. The zero-order chi connectivity index (χ0) is 13.0. The van der Waals surface area contributed by atoms with Crippen molar-refractivity contribution in [2.45, 2.75) is 4.21 Å². The van der Waals surface area contributed by atoms with Gasteiger partial charge in [-0.3, -0.25) is 4.79 Å². The maximum atomic E-state index is 11.7. The topological polar surface area (TPSA) is 29.1 Å². The number of benzene rings is 1. The Hall–Kier alpha value is -0.680. The van der Waals surface area contributed by atoms with Crippen LogP contribution < -0.4 is 5.32 Å². The molecule has 0 saturated heterocycles. The number of amides is 1. The monoisotopic (exact) mass is 317 g/mol. The first-order valence-electron chi connectivity index (χ1n) is 5.06. The molecule has 2 aromatic rings. The van der Waals surface area contributed by atoms with Crippen molar-refractivity contribution in [2.75, 3.05) is 11.1 Å². The van der Waals surface area contributed by atoms with Crippen LogP contribution in [0.1, 0.15) is 0 Å². The van der Waals surface area contributed by atoms with Gasteiger partial charge in [0.1, 0.15) is 0 Å². The second-order valence-corrected chi connectivity index (χ2v) is 6.44. The normalized spacial score (nSPS) is 10.3. The fourth-order valence-electron chi connectivity index (χ4n) is 1.25. The van der Waals surface area contributed by atoms with Crippen LogP contribution in [0.2, 0.25) is 10.0 Å². The van der Waals surface area contributed by atoms with Crippen LogP contribution in [0.3, 0.4) is 0 Å². The highest BCUT2D eigenvalue weighted by atomic mass is 35.5. The lowest BCUT2D eigenvalue weighted by atomic mass is 10.3. The van der Waals surface area contributed by atoms with E-state index in [1.165, 1.54) is 11.8 Å². The molecule has 6 heteroatoms. The van der Waals surface area contributed by atoms with Gasteiger partial charge in [0.15, 0.2) is 0 Å². The quantitative estimate of drug-likeness (QED) is 0.822. The van der Waals surface area contributed by atoms with Crippen LogP contribution in [-0.4, -0.2) is 11.7 Å². The van der Waals surface area contributed by atoms with Crippen LogP contribution >= 0.6 is 46.3 Å². The molecule has 18 heavy (non-hydrogen) atoms. The van der Waals surface area contributed by atoms with Gasteiger partial charge in [-0.1, -0.05) is 29.3 Å². The molecule has 1 heterocycles. The molecule has 0 fully saturated rings. The number of carbonyl (C=O) groups excluding carboxylic acids is 1. The summed E-state index contributed by atoms with van der Waals surface area (Å²) < 4.78 is 1.12. The first kappa shape index (κ1) is 13.7. The summed E-state index contributed by atoms with van der Waals surface area (Å²) in [6.07, 6.45) is 0. The summed E-state index contributed by atoms with van der Waals surface area (Å²) >= 11 is 14.8. The SMILES string of the molecule is O=C(CSc1cccs1)Nc1ccc(Cl)c(Cl)c1. The Morgan fingerprint density at radius 2 is 2.11 bits per heavy atom. The molecule has 1 aromatic heterocycles. The molecule has 0 saturated carbocycles. The molecule has 0 bridgehead atoms. The summed E-state index contributed by atoms with van der Waals surface area (Å²) in [5.41, 5.74) is 0.654. The number of thioether (sulfide) groups is 1. The molecule has 2 nitrogen and oxygen atoms in total. The van der Waals surface area contributed by atoms with E-state index >= 15 is 0 Å². The Kier molecular flexibility index (Phi) is 4.95. The van der Waals surface area contributed by atoms with E-state index in [0.29, 0.717) is 21.5 Å². The van der Waals surface area contributed by atoms with Crippen molar-refractivity contribution in [3.63, 3.8) is 0 Å². The summed E-state index contributed by atoms with van der Waals surface area (Å²) in [5.74, 6) is 0.313. The minimum absolute atomic E-state index is 0.0632. The number of carbonyl (C=O) groups is 1. The number of hydrogen-bond donors (Lipinski definition) is 1. The van der Waals surface area contributed by atoms with Gasteiger partial charge in [0.25, 0.3) is 0 Å². The smallest absolute Gasteiger partial charge is 0.234 e. The van der Waals surface area contributed by atoms with Crippen molar-refractivity contribution in [3.05, 3.63) is 45.8 Å². The molecule has 0 atom stereocenters. The zero-order valence-electron chi connectivity index (χ0n) is 9.15. The van der Waals surface area contributed by atoms with E-state index in [2.05, 4.69) is 5.32 Å². The van der Waals surface area contributed by atoms with E-state index in [1.54, 1.807) is 29.5 Å². The maximum absolute atomic E-state index is 11.7. The molecular weight excluding hydrogens is 309 g/mol. The molecule has 0 aliphatic heterocycles. The van der Waals surface area contributed by atoms with Gasteiger partial charge >= 0.3 is 0 Å². The number of rotatable bonds is 4. The Balaban J connectivity index is 1.88. The van der Waals surface area contributed by atoms with Crippen molar-refractivity contribution in [2.24, 2.45) is 0 Å². The number of anilines is 1. The van der Waals surface area contributed by atoms with E-state index in [1.807, 2.05) is 17.5 Å². The third-order valence-corrected chi connectivity index (χ3v) is 4.91. The van der Waals surface area contributed by atoms with E-state index < -0.39 is 0 Å². The predicted molar refractivity (Wildman–Crippen MR) is 80.1 cm³/mol. The first-order valence-corrected chi connectivity index (χ1v) is 7.68. The van der Waals surface area contributed by atoms with E-state index in [9.17, 15) is 4.79 Å². The summed E-state index contributed by atoms with van der Waals surface area (Å²) in [6.45, 7) is 0. The molecule has 2 rings (SSSR count). The first-order chi connectivity index (χ1) is 8.65. The Bertz CT molecular complexity index is 543. The number of thiophene rings is 1. The van der Waals surface area contributed by atoms with Crippen LogP contribution in [0.15, 0.2) is 39.9 Å². The molecule has 0 unspecified atom stereocenters. The highest BCUT2D eigenvalue weighted by Gasteiger charge is 2.05. The molecule has 1 amide bonds. The molecule has 0 spiro atoms. The van der Waals surface area contributed by atoms with Crippen LogP contribution in [-0.2, 0) is 4.79 Å². The van der Waals surface area contributed by atoms with Gasteiger partial charge in [-0.2, -0.15) is 0 Å². The minimum atomic E-state index is -0.0632. The molecule has 0 aliphatic carbocycles. The zero-order valence-corrected chi connectivity index (χ0v) is 12.3. The largest absolute Gasteiger partial charge is 0.325 e. The summed E-state index contributed by atoms with van der Waals surface area (Å²) in [5, 5.41) is 5.67. The second kappa shape index (κ2) is 6.48. The van der Waals surface area contributed by atoms with Gasteiger partial charge in [-0.15, -0.1) is 23.1 Å². The highest BCUT2D eigenvalue weighted by Crippen LogP contribution is 2.26. The molecule has 94 valence electrons. The van der Waals surface area contributed by atoms with Crippen LogP contribution in [0.4, 0.5) is 5.69 Å². The van der Waals surface area contributed by atoms with Gasteiger partial charge in [0.2, 0.25) is 5.91 Å². The summed E-state index contributed by atoms with van der Waals surface area (Å²) in [7, 11) is 0. The van der Waals surface area contributed by atoms with Gasteiger partial charge < -0.3 is 5.32 Å². The number of nitrogens with one attached hydrogen (secondary N) is 1. The van der Waals surface area contributed by atoms with Crippen molar-refractivity contribution in [1.29, 1.82) is 0 Å².